The number of hydrogen-bond acceptors (Lipinski definition) is 1. The number of carbonyl (C=O) groups excluding carboxylic acids is 1. The van der Waals surface area contributed by atoms with Crippen molar-refractivity contribution in [1.29, 1.82) is 0 Å². The van der Waals surface area contributed by atoms with E-state index in [1.807, 2.05) is 0 Å². The first-order valence-corrected chi connectivity index (χ1v) is 5.06. The van der Waals surface area contributed by atoms with Crippen LogP contribution in [0.4, 0.5) is 8.78 Å². The zero-order valence-corrected chi connectivity index (χ0v) is 8.30. The van der Waals surface area contributed by atoms with Crippen LogP contribution in [-0.2, 0) is 11.2 Å². The summed E-state index contributed by atoms with van der Waals surface area (Å²) < 4.78 is 26.6. The van der Waals surface area contributed by atoms with Crippen molar-refractivity contribution in [3.8, 4) is 0 Å². The number of carbonyl (C=O) groups is 1. The van der Waals surface area contributed by atoms with Crippen molar-refractivity contribution in [1.82, 2.24) is 0 Å². The standard InChI is InChI=1S/C12H12F2O/c13-10-3-1-4-11(14)9(10)7-12(8-15)5-2-6-12/h1,3-4,8H,2,5-7H2. The molecule has 1 nitrogen and oxygen atoms in total. The maximum Gasteiger partial charge on any atom is 0.129 e. The largest absolute Gasteiger partial charge is 0.303 e. The van der Waals surface area contributed by atoms with Gasteiger partial charge in [-0.15, -0.1) is 0 Å². The first-order chi connectivity index (χ1) is 7.17. The van der Waals surface area contributed by atoms with E-state index in [1.54, 1.807) is 0 Å². The van der Waals surface area contributed by atoms with Crippen molar-refractivity contribution in [2.24, 2.45) is 5.41 Å². The summed E-state index contributed by atoms with van der Waals surface area (Å²) in [7, 11) is 0. The molecule has 1 aromatic carbocycles. The van der Waals surface area contributed by atoms with E-state index in [4.69, 9.17) is 0 Å². The van der Waals surface area contributed by atoms with Crippen molar-refractivity contribution >= 4 is 6.29 Å². The van der Waals surface area contributed by atoms with Gasteiger partial charge < -0.3 is 4.79 Å². The molecule has 80 valence electrons. The Kier molecular flexibility index (Phi) is 2.55. The molecule has 0 atom stereocenters. The number of benzene rings is 1. The Morgan fingerprint density at radius 3 is 2.27 bits per heavy atom. The molecule has 0 N–H and O–H groups in total. The van der Waals surface area contributed by atoms with E-state index in [1.165, 1.54) is 18.2 Å². The Morgan fingerprint density at radius 1 is 1.27 bits per heavy atom. The third-order valence-electron chi connectivity index (χ3n) is 3.19. The molecule has 0 heterocycles. The van der Waals surface area contributed by atoms with Gasteiger partial charge in [0, 0.05) is 11.0 Å². The van der Waals surface area contributed by atoms with E-state index in [9.17, 15) is 13.6 Å². The number of hydrogen-bond donors (Lipinski definition) is 0. The monoisotopic (exact) mass is 210 g/mol. The summed E-state index contributed by atoms with van der Waals surface area (Å²) in [5.74, 6) is -1.11. The summed E-state index contributed by atoms with van der Waals surface area (Å²) in [5.41, 5.74) is -0.465. The van der Waals surface area contributed by atoms with Crippen LogP contribution in [0.1, 0.15) is 24.8 Å². The van der Waals surface area contributed by atoms with E-state index in [2.05, 4.69) is 0 Å². The Morgan fingerprint density at radius 2 is 1.87 bits per heavy atom. The lowest BCUT2D eigenvalue weighted by Crippen LogP contribution is -2.33. The fourth-order valence-corrected chi connectivity index (χ4v) is 2.02. The normalized spacial score (nSPS) is 18.3. The highest BCUT2D eigenvalue weighted by atomic mass is 19.1. The van der Waals surface area contributed by atoms with E-state index >= 15 is 0 Å². The van der Waals surface area contributed by atoms with Crippen LogP contribution in [0.25, 0.3) is 0 Å². The molecule has 2 rings (SSSR count). The number of aldehydes is 1. The van der Waals surface area contributed by atoms with E-state index < -0.39 is 17.0 Å². The van der Waals surface area contributed by atoms with Crippen molar-refractivity contribution < 1.29 is 13.6 Å². The second kappa shape index (κ2) is 3.72. The predicted octanol–water partition coefficient (Wildman–Crippen LogP) is 2.88. The highest BCUT2D eigenvalue weighted by molar-refractivity contribution is 5.61. The minimum Gasteiger partial charge on any atom is -0.303 e. The second-order valence-electron chi connectivity index (χ2n) is 4.21. The van der Waals surface area contributed by atoms with Crippen LogP contribution in [-0.4, -0.2) is 6.29 Å². The quantitative estimate of drug-likeness (QED) is 0.701. The maximum atomic E-state index is 13.3. The van der Waals surface area contributed by atoms with Crippen LogP contribution >= 0.6 is 0 Å². The smallest absolute Gasteiger partial charge is 0.129 e. The number of rotatable bonds is 3. The molecule has 0 radical (unpaired) electrons. The molecular formula is C12H12F2O. The van der Waals surface area contributed by atoms with E-state index in [0.29, 0.717) is 0 Å². The van der Waals surface area contributed by atoms with Crippen molar-refractivity contribution in [2.45, 2.75) is 25.7 Å². The van der Waals surface area contributed by atoms with Gasteiger partial charge in [0.2, 0.25) is 0 Å². The van der Waals surface area contributed by atoms with Gasteiger partial charge in [-0.1, -0.05) is 12.5 Å². The molecule has 0 bridgehead atoms. The Balaban J connectivity index is 2.27. The van der Waals surface area contributed by atoms with E-state index in [0.717, 1.165) is 25.5 Å². The second-order valence-corrected chi connectivity index (χ2v) is 4.21. The molecule has 0 aliphatic heterocycles. The molecule has 1 aliphatic rings. The van der Waals surface area contributed by atoms with Crippen molar-refractivity contribution in [2.75, 3.05) is 0 Å². The molecule has 1 saturated carbocycles. The molecule has 3 heteroatoms. The molecule has 0 amide bonds. The predicted molar refractivity (Wildman–Crippen MR) is 52.4 cm³/mol. The minimum absolute atomic E-state index is 0.0456. The summed E-state index contributed by atoms with van der Waals surface area (Å²) in [6, 6.07) is 3.80. The fourth-order valence-electron chi connectivity index (χ4n) is 2.02. The van der Waals surface area contributed by atoms with Gasteiger partial charge in [0.1, 0.15) is 17.9 Å². The molecule has 1 aromatic rings. The van der Waals surface area contributed by atoms with Crippen LogP contribution in [0.5, 0.6) is 0 Å². The van der Waals surface area contributed by atoms with Gasteiger partial charge in [-0.05, 0) is 31.4 Å². The molecule has 0 saturated heterocycles. The van der Waals surface area contributed by atoms with Gasteiger partial charge >= 0.3 is 0 Å². The zero-order valence-electron chi connectivity index (χ0n) is 8.30. The van der Waals surface area contributed by atoms with Crippen LogP contribution in [0.2, 0.25) is 0 Å². The SMILES string of the molecule is O=CC1(Cc2c(F)cccc2F)CCC1. The van der Waals surface area contributed by atoms with Crippen molar-refractivity contribution in [3.05, 3.63) is 35.4 Å². The van der Waals surface area contributed by atoms with Crippen LogP contribution < -0.4 is 0 Å². The van der Waals surface area contributed by atoms with Gasteiger partial charge in [0.25, 0.3) is 0 Å². The molecule has 15 heavy (non-hydrogen) atoms. The molecular weight excluding hydrogens is 198 g/mol. The minimum atomic E-state index is -0.553. The van der Waals surface area contributed by atoms with Gasteiger partial charge in [0.15, 0.2) is 0 Å². The van der Waals surface area contributed by atoms with Gasteiger partial charge in [-0.2, -0.15) is 0 Å². The average Bonchev–Trinajstić information content (AvgIpc) is 2.15. The van der Waals surface area contributed by atoms with Gasteiger partial charge in [0.05, 0.1) is 0 Å². The lowest BCUT2D eigenvalue weighted by Gasteiger charge is -2.36. The van der Waals surface area contributed by atoms with Crippen LogP contribution in [0.15, 0.2) is 18.2 Å². The maximum absolute atomic E-state index is 13.3. The van der Waals surface area contributed by atoms with Gasteiger partial charge in [-0.25, -0.2) is 8.78 Å². The molecule has 0 spiro atoms. The molecule has 1 aliphatic carbocycles. The topological polar surface area (TPSA) is 17.1 Å². The summed E-state index contributed by atoms with van der Waals surface area (Å²) >= 11 is 0. The lowest BCUT2D eigenvalue weighted by molar-refractivity contribution is -0.120. The zero-order chi connectivity index (χ0) is 10.9. The fraction of sp³-hybridized carbons (Fsp3) is 0.417. The Hall–Kier alpha value is -1.25. The van der Waals surface area contributed by atoms with Crippen LogP contribution in [0.3, 0.4) is 0 Å². The molecule has 0 aromatic heterocycles. The first kappa shape index (κ1) is 10.3. The summed E-state index contributed by atoms with van der Waals surface area (Å²) in [6.07, 6.45) is 3.49. The third-order valence-corrected chi connectivity index (χ3v) is 3.19. The highest BCUT2D eigenvalue weighted by Gasteiger charge is 2.38. The van der Waals surface area contributed by atoms with Gasteiger partial charge in [-0.3, -0.25) is 0 Å². The third kappa shape index (κ3) is 1.78. The summed E-state index contributed by atoms with van der Waals surface area (Å²) in [6.45, 7) is 0. The molecule has 1 fully saturated rings. The Bertz CT molecular complexity index is 363. The number of halogens is 2. The van der Waals surface area contributed by atoms with E-state index in [-0.39, 0.29) is 12.0 Å². The first-order valence-electron chi connectivity index (χ1n) is 5.06. The summed E-state index contributed by atoms with van der Waals surface area (Å²) in [5, 5.41) is 0. The Labute approximate surface area is 87.1 Å². The van der Waals surface area contributed by atoms with Crippen molar-refractivity contribution in [3.63, 3.8) is 0 Å². The highest BCUT2D eigenvalue weighted by Crippen LogP contribution is 2.42. The van der Waals surface area contributed by atoms with Crippen LogP contribution in [0, 0.1) is 17.0 Å². The lowest BCUT2D eigenvalue weighted by atomic mass is 9.66. The summed E-state index contributed by atoms with van der Waals surface area (Å²) in [4.78, 5) is 10.9. The molecule has 0 unspecified atom stereocenters. The average molecular weight is 210 g/mol.